The Morgan fingerprint density at radius 3 is 2.94 bits per heavy atom. The third kappa shape index (κ3) is 2.66. The van der Waals surface area contributed by atoms with Crippen molar-refractivity contribution < 1.29 is 0 Å². The Balaban J connectivity index is 2.07. The maximum absolute atomic E-state index is 5.97. The van der Waals surface area contributed by atoms with Crippen LogP contribution in [-0.4, -0.2) is 10.2 Å². The van der Waals surface area contributed by atoms with E-state index in [0.29, 0.717) is 4.47 Å². The lowest BCUT2D eigenvalue weighted by atomic mass is 10.2. The number of thioether (sulfide) groups is 1. The zero-order valence-electron chi connectivity index (χ0n) is 8.61. The fourth-order valence-corrected chi connectivity index (χ4v) is 3.11. The number of anilines is 1. The van der Waals surface area contributed by atoms with Crippen molar-refractivity contribution in [3.63, 3.8) is 0 Å². The summed E-state index contributed by atoms with van der Waals surface area (Å²) in [5.41, 5.74) is 7.91. The first kappa shape index (κ1) is 11.7. The summed E-state index contributed by atoms with van der Waals surface area (Å²) < 4.78 is 0.479. The minimum atomic E-state index is 0.479. The second-order valence-electron chi connectivity index (χ2n) is 3.22. The van der Waals surface area contributed by atoms with E-state index in [4.69, 9.17) is 17.3 Å². The highest BCUT2D eigenvalue weighted by Gasteiger charge is 2.06. The predicted octanol–water partition coefficient (Wildman–Crippen LogP) is 3.37. The van der Waals surface area contributed by atoms with Crippen molar-refractivity contribution in [1.29, 1.82) is 0 Å². The molecule has 84 valence electrons. The molecule has 0 fully saturated rings. The zero-order chi connectivity index (χ0) is 11.5. The van der Waals surface area contributed by atoms with Crippen molar-refractivity contribution in [3.05, 3.63) is 33.2 Å². The molecule has 6 heteroatoms. The zero-order valence-corrected chi connectivity index (χ0v) is 11.0. The van der Waals surface area contributed by atoms with Crippen molar-refractivity contribution in [2.45, 2.75) is 17.6 Å². The minimum absolute atomic E-state index is 0.479. The molecule has 1 aromatic carbocycles. The van der Waals surface area contributed by atoms with Gasteiger partial charge in [0, 0.05) is 10.6 Å². The molecule has 0 atom stereocenters. The van der Waals surface area contributed by atoms with Crippen LogP contribution in [0.5, 0.6) is 0 Å². The van der Waals surface area contributed by atoms with E-state index < -0.39 is 0 Å². The van der Waals surface area contributed by atoms with Gasteiger partial charge < -0.3 is 5.73 Å². The average Bonchev–Trinajstić information content (AvgIpc) is 2.67. The van der Waals surface area contributed by atoms with Gasteiger partial charge in [0.1, 0.15) is 5.01 Å². The van der Waals surface area contributed by atoms with Crippen LogP contribution < -0.4 is 5.73 Å². The van der Waals surface area contributed by atoms with Crippen LogP contribution in [0.4, 0.5) is 5.69 Å². The van der Waals surface area contributed by atoms with Gasteiger partial charge in [0.25, 0.3) is 0 Å². The molecular formula is C10H10ClN3S2. The maximum Gasteiger partial charge on any atom is 0.207 e. The summed E-state index contributed by atoms with van der Waals surface area (Å²) in [6.07, 6.45) is 0. The fourth-order valence-electron chi connectivity index (χ4n) is 1.21. The largest absolute Gasteiger partial charge is 0.398 e. The van der Waals surface area contributed by atoms with Crippen LogP contribution in [0.2, 0.25) is 4.47 Å². The van der Waals surface area contributed by atoms with E-state index in [0.717, 1.165) is 26.9 Å². The van der Waals surface area contributed by atoms with E-state index in [1.807, 2.05) is 25.1 Å². The Labute approximate surface area is 107 Å². The summed E-state index contributed by atoms with van der Waals surface area (Å²) in [6, 6.07) is 6.01. The molecule has 2 rings (SSSR count). The van der Waals surface area contributed by atoms with Crippen LogP contribution in [0.3, 0.4) is 0 Å². The van der Waals surface area contributed by atoms with Crippen molar-refractivity contribution in [2.24, 2.45) is 0 Å². The molecule has 0 aliphatic heterocycles. The Hall–Kier alpha value is -0.780. The normalized spacial score (nSPS) is 10.6. The second kappa shape index (κ2) is 5.03. The molecule has 2 aromatic rings. The molecule has 0 aliphatic rings. The number of halogens is 1. The van der Waals surface area contributed by atoms with Gasteiger partial charge in [0.05, 0.1) is 5.75 Å². The van der Waals surface area contributed by atoms with Crippen LogP contribution >= 0.6 is 34.7 Å². The van der Waals surface area contributed by atoms with Gasteiger partial charge in [-0.1, -0.05) is 23.5 Å². The minimum Gasteiger partial charge on any atom is -0.398 e. The van der Waals surface area contributed by atoms with E-state index in [-0.39, 0.29) is 0 Å². The van der Waals surface area contributed by atoms with E-state index >= 15 is 0 Å². The lowest BCUT2D eigenvalue weighted by Crippen LogP contribution is -1.92. The van der Waals surface area contributed by atoms with E-state index in [1.54, 1.807) is 11.8 Å². The number of nitrogens with two attached hydrogens (primary N) is 1. The Bertz CT molecular complexity index is 499. The van der Waals surface area contributed by atoms with Crippen LogP contribution in [-0.2, 0) is 5.75 Å². The van der Waals surface area contributed by atoms with Gasteiger partial charge in [-0.05, 0) is 30.2 Å². The van der Waals surface area contributed by atoms with E-state index in [1.165, 1.54) is 11.3 Å². The number of rotatable bonds is 3. The molecule has 2 N–H and O–H groups in total. The number of benzene rings is 1. The molecular weight excluding hydrogens is 262 g/mol. The highest BCUT2D eigenvalue weighted by Crippen LogP contribution is 2.31. The summed E-state index contributed by atoms with van der Waals surface area (Å²) in [4.78, 5) is 1.08. The molecule has 0 saturated carbocycles. The molecule has 0 saturated heterocycles. The van der Waals surface area contributed by atoms with Gasteiger partial charge in [0.2, 0.25) is 4.47 Å². The molecule has 0 unspecified atom stereocenters. The highest BCUT2D eigenvalue weighted by atomic mass is 35.5. The lowest BCUT2D eigenvalue weighted by molar-refractivity contribution is 1.04. The smallest absolute Gasteiger partial charge is 0.207 e. The SMILES string of the molecule is Cc1cccc(SCc2nnc(Cl)s2)c1N. The third-order valence-electron chi connectivity index (χ3n) is 2.08. The Morgan fingerprint density at radius 2 is 2.25 bits per heavy atom. The summed E-state index contributed by atoms with van der Waals surface area (Å²) in [6.45, 7) is 2.00. The maximum atomic E-state index is 5.97. The van der Waals surface area contributed by atoms with Crippen LogP contribution in [0.1, 0.15) is 10.6 Å². The molecule has 0 spiro atoms. The van der Waals surface area contributed by atoms with Gasteiger partial charge in [-0.2, -0.15) is 0 Å². The highest BCUT2D eigenvalue weighted by molar-refractivity contribution is 7.98. The van der Waals surface area contributed by atoms with E-state index in [2.05, 4.69) is 10.2 Å². The van der Waals surface area contributed by atoms with Gasteiger partial charge in [-0.15, -0.1) is 22.0 Å². The van der Waals surface area contributed by atoms with Crippen molar-refractivity contribution >= 4 is 40.4 Å². The molecule has 0 amide bonds. The molecule has 16 heavy (non-hydrogen) atoms. The molecule has 0 bridgehead atoms. The Kier molecular flexibility index (Phi) is 3.68. The third-order valence-corrected chi connectivity index (χ3v) is 4.36. The standard InChI is InChI=1S/C10H10ClN3S2/c1-6-3-2-4-7(9(6)12)15-5-8-13-14-10(11)16-8/h2-4H,5,12H2,1H3. The monoisotopic (exact) mass is 271 g/mol. The first-order valence-electron chi connectivity index (χ1n) is 4.62. The quantitative estimate of drug-likeness (QED) is 0.687. The molecule has 3 nitrogen and oxygen atoms in total. The first-order chi connectivity index (χ1) is 7.66. The number of hydrogen-bond acceptors (Lipinski definition) is 5. The number of aromatic nitrogens is 2. The summed E-state index contributed by atoms with van der Waals surface area (Å²) in [5.74, 6) is 0.748. The summed E-state index contributed by atoms with van der Waals surface area (Å²) in [5, 5.41) is 8.63. The Morgan fingerprint density at radius 1 is 1.44 bits per heavy atom. The number of aryl methyl sites for hydroxylation is 1. The van der Waals surface area contributed by atoms with Gasteiger partial charge in [0.15, 0.2) is 0 Å². The topological polar surface area (TPSA) is 51.8 Å². The molecule has 0 radical (unpaired) electrons. The molecule has 1 heterocycles. The van der Waals surface area contributed by atoms with Gasteiger partial charge >= 0.3 is 0 Å². The number of para-hydroxylation sites is 1. The van der Waals surface area contributed by atoms with Crippen molar-refractivity contribution in [1.82, 2.24) is 10.2 Å². The lowest BCUT2D eigenvalue weighted by Gasteiger charge is -2.06. The molecule has 0 aliphatic carbocycles. The van der Waals surface area contributed by atoms with E-state index in [9.17, 15) is 0 Å². The van der Waals surface area contributed by atoms with Crippen molar-refractivity contribution in [2.75, 3.05) is 5.73 Å². The summed E-state index contributed by atoms with van der Waals surface area (Å²) in [7, 11) is 0. The number of nitrogens with zero attached hydrogens (tertiary/aromatic N) is 2. The van der Waals surface area contributed by atoms with Gasteiger partial charge in [-0.25, -0.2) is 0 Å². The first-order valence-corrected chi connectivity index (χ1v) is 6.80. The van der Waals surface area contributed by atoms with Crippen LogP contribution in [0, 0.1) is 6.92 Å². The predicted molar refractivity (Wildman–Crippen MR) is 70.1 cm³/mol. The second-order valence-corrected chi connectivity index (χ2v) is 5.89. The average molecular weight is 272 g/mol. The number of hydrogen-bond donors (Lipinski definition) is 1. The summed E-state index contributed by atoms with van der Waals surface area (Å²) >= 11 is 8.76. The van der Waals surface area contributed by atoms with Crippen LogP contribution in [0.25, 0.3) is 0 Å². The van der Waals surface area contributed by atoms with Gasteiger partial charge in [-0.3, -0.25) is 0 Å². The van der Waals surface area contributed by atoms with Crippen LogP contribution in [0.15, 0.2) is 23.1 Å². The molecule has 1 aromatic heterocycles. The fraction of sp³-hybridized carbons (Fsp3) is 0.200. The van der Waals surface area contributed by atoms with Crippen molar-refractivity contribution in [3.8, 4) is 0 Å². The number of nitrogen functional groups attached to an aromatic ring is 1.